The van der Waals surface area contributed by atoms with Gasteiger partial charge in [-0.05, 0) is 36.5 Å². The molecule has 2 amide bonds. The topological polar surface area (TPSA) is 49.4 Å². The summed E-state index contributed by atoms with van der Waals surface area (Å²) in [6.07, 6.45) is 1.58. The number of piperidine rings is 1. The fraction of sp³-hybridized carbons (Fsp3) is 0.500. The van der Waals surface area contributed by atoms with Crippen LogP contribution in [-0.2, 0) is 16.1 Å². The van der Waals surface area contributed by atoms with Crippen molar-refractivity contribution in [3.63, 3.8) is 0 Å². The van der Waals surface area contributed by atoms with Gasteiger partial charge in [-0.15, -0.1) is 0 Å². The zero-order chi connectivity index (χ0) is 15.0. The zero-order valence-electron chi connectivity index (χ0n) is 12.1. The molecule has 1 aromatic rings. The highest BCUT2D eigenvalue weighted by molar-refractivity contribution is 5.86. The van der Waals surface area contributed by atoms with E-state index in [1.54, 1.807) is 19.1 Å². The molecule has 1 aliphatic heterocycles. The quantitative estimate of drug-likeness (QED) is 0.921. The Kier molecular flexibility index (Phi) is 3.43. The number of hydrogen-bond donors (Lipinski definition) is 1. The van der Waals surface area contributed by atoms with Crippen molar-refractivity contribution < 1.29 is 14.0 Å². The lowest BCUT2D eigenvalue weighted by atomic mass is 9.94. The highest BCUT2D eigenvalue weighted by atomic mass is 19.1. The lowest BCUT2D eigenvalue weighted by Gasteiger charge is -2.30. The van der Waals surface area contributed by atoms with Gasteiger partial charge in [0.25, 0.3) is 0 Å². The molecule has 1 aliphatic carbocycles. The van der Waals surface area contributed by atoms with Gasteiger partial charge in [-0.2, -0.15) is 0 Å². The van der Waals surface area contributed by atoms with E-state index in [9.17, 15) is 14.0 Å². The van der Waals surface area contributed by atoms with Crippen LogP contribution in [0.5, 0.6) is 0 Å². The van der Waals surface area contributed by atoms with Crippen LogP contribution >= 0.6 is 0 Å². The molecule has 2 fully saturated rings. The molecular formula is C16H19FN2O2. The number of nitrogens with one attached hydrogen (secondary N) is 1. The molecule has 0 spiro atoms. The third-order valence-corrected chi connectivity index (χ3v) is 4.74. The van der Waals surface area contributed by atoms with Crippen molar-refractivity contribution in [2.24, 2.45) is 11.3 Å². The van der Waals surface area contributed by atoms with E-state index in [0.717, 1.165) is 18.4 Å². The molecule has 4 nitrogen and oxygen atoms in total. The van der Waals surface area contributed by atoms with Crippen LogP contribution in [0.4, 0.5) is 4.39 Å². The summed E-state index contributed by atoms with van der Waals surface area (Å²) >= 11 is 0. The van der Waals surface area contributed by atoms with Crippen LogP contribution < -0.4 is 5.32 Å². The SMILES string of the molecule is CC(=O)N1CCC2(C(=O)NCc3cccc(F)c3)CC2C1. The van der Waals surface area contributed by atoms with Crippen LogP contribution in [0.1, 0.15) is 25.3 Å². The van der Waals surface area contributed by atoms with Crippen LogP contribution in [0.2, 0.25) is 0 Å². The number of likely N-dealkylation sites (tertiary alicyclic amines) is 1. The van der Waals surface area contributed by atoms with Gasteiger partial charge >= 0.3 is 0 Å². The second-order valence-corrected chi connectivity index (χ2v) is 6.08. The van der Waals surface area contributed by atoms with Gasteiger partial charge in [0.2, 0.25) is 11.8 Å². The summed E-state index contributed by atoms with van der Waals surface area (Å²) in [6.45, 7) is 3.25. The van der Waals surface area contributed by atoms with Crippen molar-refractivity contribution in [1.82, 2.24) is 10.2 Å². The summed E-state index contributed by atoms with van der Waals surface area (Å²) in [5.74, 6) is 0.109. The molecule has 2 atom stereocenters. The Morgan fingerprint density at radius 3 is 2.95 bits per heavy atom. The van der Waals surface area contributed by atoms with E-state index in [0.29, 0.717) is 19.6 Å². The fourth-order valence-electron chi connectivity index (χ4n) is 3.30. The maximum absolute atomic E-state index is 13.1. The first-order valence-corrected chi connectivity index (χ1v) is 7.29. The summed E-state index contributed by atoms with van der Waals surface area (Å²) in [6, 6.07) is 6.25. The Balaban J connectivity index is 1.57. The van der Waals surface area contributed by atoms with Gasteiger partial charge in [0.05, 0.1) is 5.41 Å². The van der Waals surface area contributed by atoms with Gasteiger partial charge in [0, 0.05) is 26.6 Å². The summed E-state index contributed by atoms with van der Waals surface area (Å²) < 4.78 is 13.1. The molecule has 3 rings (SSSR count). The summed E-state index contributed by atoms with van der Waals surface area (Å²) in [5.41, 5.74) is 0.470. The normalized spacial score (nSPS) is 27.0. The Morgan fingerprint density at radius 1 is 1.48 bits per heavy atom. The Hall–Kier alpha value is -1.91. The number of rotatable bonds is 3. The fourth-order valence-corrected chi connectivity index (χ4v) is 3.30. The van der Waals surface area contributed by atoms with Crippen molar-refractivity contribution in [1.29, 1.82) is 0 Å². The first-order valence-electron chi connectivity index (χ1n) is 7.29. The van der Waals surface area contributed by atoms with E-state index < -0.39 is 0 Å². The third-order valence-electron chi connectivity index (χ3n) is 4.74. The lowest BCUT2D eigenvalue weighted by molar-refractivity contribution is -0.134. The third kappa shape index (κ3) is 2.64. The molecule has 5 heteroatoms. The molecule has 1 saturated heterocycles. The molecule has 2 aliphatic rings. The van der Waals surface area contributed by atoms with Crippen molar-refractivity contribution >= 4 is 11.8 Å². The minimum atomic E-state index is -0.293. The number of hydrogen-bond acceptors (Lipinski definition) is 2. The Labute approximate surface area is 123 Å². The van der Waals surface area contributed by atoms with Gasteiger partial charge in [-0.25, -0.2) is 4.39 Å². The Bertz CT molecular complexity index is 589. The molecule has 0 bridgehead atoms. The van der Waals surface area contributed by atoms with E-state index in [4.69, 9.17) is 0 Å². The number of nitrogens with zero attached hydrogens (tertiary/aromatic N) is 1. The first kappa shape index (κ1) is 14.0. The number of benzene rings is 1. The number of carbonyl (C=O) groups is 2. The summed E-state index contributed by atoms with van der Waals surface area (Å²) in [7, 11) is 0. The largest absolute Gasteiger partial charge is 0.352 e. The number of halogens is 1. The van der Waals surface area contributed by atoms with Crippen LogP contribution in [0.3, 0.4) is 0 Å². The van der Waals surface area contributed by atoms with Gasteiger partial charge in [-0.3, -0.25) is 9.59 Å². The lowest BCUT2D eigenvalue weighted by Crippen LogP contribution is -2.43. The zero-order valence-corrected chi connectivity index (χ0v) is 12.1. The van der Waals surface area contributed by atoms with Gasteiger partial charge in [0.15, 0.2) is 0 Å². The van der Waals surface area contributed by atoms with E-state index in [1.807, 2.05) is 4.90 Å². The highest BCUT2D eigenvalue weighted by Gasteiger charge is 2.61. The minimum absolute atomic E-state index is 0.0416. The second kappa shape index (κ2) is 5.13. The number of amides is 2. The number of fused-ring (bicyclic) bond motifs is 1. The van der Waals surface area contributed by atoms with E-state index in [2.05, 4.69) is 5.32 Å². The predicted molar refractivity (Wildman–Crippen MR) is 75.7 cm³/mol. The molecular weight excluding hydrogens is 271 g/mol. The number of carbonyl (C=O) groups excluding carboxylic acids is 2. The molecule has 1 aromatic carbocycles. The summed E-state index contributed by atoms with van der Waals surface area (Å²) in [5, 5.41) is 2.91. The van der Waals surface area contributed by atoms with Crippen molar-refractivity contribution in [2.45, 2.75) is 26.3 Å². The molecule has 0 aromatic heterocycles. The molecule has 1 saturated carbocycles. The van der Waals surface area contributed by atoms with Crippen molar-refractivity contribution in [3.8, 4) is 0 Å². The molecule has 0 radical (unpaired) electrons. The smallest absolute Gasteiger partial charge is 0.226 e. The minimum Gasteiger partial charge on any atom is -0.352 e. The van der Waals surface area contributed by atoms with Gasteiger partial charge in [0.1, 0.15) is 5.82 Å². The van der Waals surface area contributed by atoms with Crippen LogP contribution in [0.25, 0.3) is 0 Å². The van der Waals surface area contributed by atoms with Crippen LogP contribution in [0.15, 0.2) is 24.3 Å². The Morgan fingerprint density at radius 2 is 2.29 bits per heavy atom. The maximum atomic E-state index is 13.1. The first-order chi connectivity index (χ1) is 10.0. The van der Waals surface area contributed by atoms with Crippen molar-refractivity contribution in [2.75, 3.05) is 13.1 Å². The maximum Gasteiger partial charge on any atom is 0.226 e. The van der Waals surface area contributed by atoms with Gasteiger partial charge in [-0.1, -0.05) is 12.1 Å². The molecule has 2 unspecified atom stereocenters. The monoisotopic (exact) mass is 290 g/mol. The average Bonchev–Trinajstić information content (AvgIpc) is 3.19. The second-order valence-electron chi connectivity index (χ2n) is 6.08. The van der Waals surface area contributed by atoms with E-state index in [-0.39, 0.29) is 29.0 Å². The van der Waals surface area contributed by atoms with E-state index in [1.165, 1.54) is 12.1 Å². The molecule has 112 valence electrons. The molecule has 21 heavy (non-hydrogen) atoms. The summed E-state index contributed by atoms with van der Waals surface area (Å²) in [4.78, 5) is 25.6. The average molecular weight is 290 g/mol. The standard InChI is InChI=1S/C16H19FN2O2/c1-11(20)19-6-5-16(8-13(16)10-19)15(21)18-9-12-3-2-4-14(17)7-12/h2-4,7,13H,5-6,8-10H2,1H3,(H,18,21). The van der Waals surface area contributed by atoms with Crippen LogP contribution in [-0.4, -0.2) is 29.8 Å². The molecule has 1 heterocycles. The van der Waals surface area contributed by atoms with Crippen LogP contribution in [0, 0.1) is 17.2 Å². The predicted octanol–water partition coefficient (Wildman–Crippen LogP) is 1.70. The highest BCUT2D eigenvalue weighted by Crippen LogP contribution is 2.58. The van der Waals surface area contributed by atoms with E-state index >= 15 is 0 Å². The molecule has 1 N–H and O–H groups in total. The van der Waals surface area contributed by atoms with Gasteiger partial charge < -0.3 is 10.2 Å². The van der Waals surface area contributed by atoms with Crippen molar-refractivity contribution in [3.05, 3.63) is 35.6 Å².